The van der Waals surface area contributed by atoms with Gasteiger partial charge in [-0.25, -0.2) is 8.42 Å². The summed E-state index contributed by atoms with van der Waals surface area (Å²) in [5.41, 5.74) is 0.0268. The first-order valence-electron chi connectivity index (χ1n) is 17.5. The molecule has 0 unspecified atom stereocenters. The third-order valence-corrected chi connectivity index (χ3v) is 14.3. The van der Waals surface area contributed by atoms with Gasteiger partial charge in [0, 0.05) is 11.1 Å². The number of rotatable bonds is 13. The van der Waals surface area contributed by atoms with Gasteiger partial charge in [-0.3, -0.25) is 0 Å². The Morgan fingerprint density at radius 3 is 1.23 bits per heavy atom. The van der Waals surface area contributed by atoms with Crippen molar-refractivity contribution in [3.8, 4) is 5.75 Å². The molecular formula is C42H57O4PS. The van der Waals surface area contributed by atoms with Crippen LogP contribution >= 0.6 is 7.26 Å². The fourth-order valence-electron chi connectivity index (χ4n) is 6.26. The Balaban J connectivity index is 0.000000286. The summed E-state index contributed by atoms with van der Waals surface area (Å²) >= 11 is 0. The number of phenols is 1. The smallest absolute Gasteiger partial charge is 0.124 e. The molecule has 0 spiro atoms. The predicted octanol–water partition coefficient (Wildman–Crippen LogP) is 10.0. The van der Waals surface area contributed by atoms with Crippen molar-refractivity contribution in [1.29, 1.82) is 0 Å². The minimum Gasteiger partial charge on any atom is -0.744 e. The maximum Gasteiger partial charge on any atom is 0.124 e. The molecule has 6 heteroatoms. The molecule has 0 fully saturated rings. The largest absolute Gasteiger partial charge is 0.744 e. The van der Waals surface area contributed by atoms with Crippen LogP contribution in [-0.4, -0.2) is 24.2 Å². The highest BCUT2D eigenvalue weighted by Crippen LogP contribution is 2.56. The van der Waals surface area contributed by atoms with E-state index in [1.54, 1.807) is 0 Å². The first-order valence-corrected chi connectivity index (χ1v) is 20.9. The first kappa shape index (κ1) is 39.5. The highest BCUT2D eigenvalue weighted by molar-refractivity contribution is 7.95. The lowest BCUT2D eigenvalue weighted by atomic mass is 9.79. The van der Waals surface area contributed by atoms with Crippen molar-refractivity contribution in [3.63, 3.8) is 0 Å². The van der Waals surface area contributed by atoms with Crippen molar-refractivity contribution in [1.82, 2.24) is 0 Å². The van der Waals surface area contributed by atoms with Crippen LogP contribution in [0.5, 0.6) is 5.75 Å². The van der Waals surface area contributed by atoms with Crippen LogP contribution in [0.4, 0.5) is 0 Å². The molecule has 0 aliphatic rings. The molecule has 0 saturated carbocycles. The molecule has 4 nitrogen and oxygen atoms in total. The maximum atomic E-state index is 11.3. The second kappa shape index (κ2) is 17.6. The standard InChI is InChI=1S/C28H36P.C14H22O4S/c1-2-3-4-5-6-7-8-18-25-29(26-19-12-9-13-20-26,27-21-14-10-15-22-27)28-23-16-11-17-24-28;1-13(2,3)10-7-9(19(16,17)18)8-11(12(10)15)14(4,5)6/h9-17,19-24H,2-8,18,25H2,1H3;7-8,15H,1-6H3,(H,16,17,18)/q+1;/p-1. The molecule has 1 N–H and O–H groups in total. The van der Waals surface area contributed by atoms with Gasteiger partial charge in [0.2, 0.25) is 0 Å². The maximum absolute atomic E-state index is 11.3. The zero-order chi connectivity index (χ0) is 35.4. The van der Waals surface area contributed by atoms with E-state index in [4.69, 9.17) is 0 Å². The van der Waals surface area contributed by atoms with Crippen molar-refractivity contribution in [3.05, 3.63) is 114 Å². The van der Waals surface area contributed by atoms with E-state index in [1.807, 2.05) is 41.5 Å². The molecule has 0 amide bonds. The van der Waals surface area contributed by atoms with Crippen molar-refractivity contribution < 1.29 is 18.1 Å². The fourth-order valence-corrected chi connectivity index (χ4v) is 11.2. The number of hydrogen-bond donors (Lipinski definition) is 1. The Morgan fingerprint density at radius 1 is 0.583 bits per heavy atom. The monoisotopic (exact) mass is 688 g/mol. The Morgan fingerprint density at radius 2 is 0.917 bits per heavy atom. The van der Waals surface area contributed by atoms with Crippen molar-refractivity contribution in [2.45, 2.75) is 116 Å². The zero-order valence-electron chi connectivity index (χ0n) is 30.2. The fraction of sp³-hybridized carbons (Fsp3) is 0.429. The van der Waals surface area contributed by atoms with Crippen LogP contribution in [0, 0.1) is 0 Å². The van der Waals surface area contributed by atoms with Crippen LogP contribution in [0.25, 0.3) is 0 Å². The summed E-state index contributed by atoms with van der Waals surface area (Å²) in [6.07, 6.45) is 12.2. The lowest BCUT2D eigenvalue weighted by Gasteiger charge is -2.28. The second-order valence-corrected chi connectivity index (χ2v) is 19.8. The van der Waals surface area contributed by atoms with Gasteiger partial charge in [-0.1, -0.05) is 142 Å². The second-order valence-electron chi connectivity index (χ2n) is 14.8. The van der Waals surface area contributed by atoms with Gasteiger partial charge in [-0.2, -0.15) is 0 Å². The van der Waals surface area contributed by atoms with Gasteiger partial charge in [0.1, 0.15) is 39.0 Å². The molecular weight excluding hydrogens is 631 g/mol. The molecule has 4 aromatic rings. The van der Waals surface area contributed by atoms with Crippen LogP contribution in [0.3, 0.4) is 0 Å². The van der Waals surface area contributed by atoms with E-state index in [0.29, 0.717) is 11.1 Å². The predicted molar refractivity (Wildman–Crippen MR) is 206 cm³/mol. The summed E-state index contributed by atoms with van der Waals surface area (Å²) in [6.45, 7) is 13.4. The van der Waals surface area contributed by atoms with E-state index >= 15 is 0 Å². The van der Waals surface area contributed by atoms with Crippen LogP contribution in [0.2, 0.25) is 0 Å². The summed E-state index contributed by atoms with van der Waals surface area (Å²) in [5, 5.41) is 14.9. The molecule has 0 atom stereocenters. The summed E-state index contributed by atoms with van der Waals surface area (Å²) in [4.78, 5) is -0.292. The zero-order valence-corrected chi connectivity index (χ0v) is 31.9. The van der Waals surface area contributed by atoms with Gasteiger partial charge in [-0.15, -0.1) is 0 Å². The Bertz CT molecular complexity index is 1510. The lowest BCUT2D eigenvalue weighted by molar-refractivity contribution is 0.420. The van der Waals surface area contributed by atoms with Crippen LogP contribution in [0.1, 0.15) is 111 Å². The molecule has 0 radical (unpaired) electrons. The van der Waals surface area contributed by atoms with Gasteiger partial charge >= 0.3 is 0 Å². The molecule has 0 bridgehead atoms. The number of benzene rings is 4. The van der Waals surface area contributed by atoms with E-state index in [1.165, 1.54) is 85.6 Å². The normalized spacial score (nSPS) is 12.3. The molecule has 0 aliphatic carbocycles. The Kier molecular flexibility index (Phi) is 14.5. The van der Waals surface area contributed by atoms with Gasteiger partial charge in [0.15, 0.2) is 0 Å². The molecule has 260 valence electrons. The summed E-state index contributed by atoms with van der Waals surface area (Å²) < 4.78 is 33.8. The topological polar surface area (TPSA) is 77.4 Å². The average molecular weight is 689 g/mol. The van der Waals surface area contributed by atoms with Crippen molar-refractivity contribution in [2.75, 3.05) is 6.16 Å². The third-order valence-electron chi connectivity index (χ3n) is 8.93. The van der Waals surface area contributed by atoms with Gasteiger partial charge in [-0.05, 0) is 72.2 Å². The van der Waals surface area contributed by atoms with Gasteiger partial charge in [0.05, 0.1) is 11.1 Å². The Labute approximate surface area is 292 Å². The van der Waals surface area contributed by atoms with E-state index in [0.717, 1.165) is 0 Å². The van der Waals surface area contributed by atoms with Crippen LogP contribution in [-0.2, 0) is 20.9 Å². The quantitative estimate of drug-likeness (QED) is 0.0862. The summed E-state index contributed by atoms with van der Waals surface area (Å²) in [7, 11) is -6.17. The van der Waals surface area contributed by atoms with E-state index in [-0.39, 0.29) is 10.6 Å². The minimum atomic E-state index is -4.55. The average Bonchev–Trinajstić information content (AvgIpc) is 3.04. The van der Waals surface area contributed by atoms with Crippen LogP contribution in [0.15, 0.2) is 108 Å². The molecule has 0 heterocycles. The molecule has 4 aromatic carbocycles. The lowest BCUT2D eigenvalue weighted by Crippen LogP contribution is -2.33. The molecule has 0 saturated heterocycles. The molecule has 0 aromatic heterocycles. The van der Waals surface area contributed by atoms with Crippen molar-refractivity contribution in [2.24, 2.45) is 0 Å². The first-order chi connectivity index (χ1) is 22.6. The summed E-state index contributed by atoms with van der Waals surface area (Å²) in [5.74, 6) is 0.0624. The molecule has 4 rings (SSSR count). The minimum absolute atomic E-state index is 0.0624. The molecule has 48 heavy (non-hydrogen) atoms. The number of phenolic OH excluding ortho intramolecular Hbond substituents is 1. The SMILES string of the molecule is CC(C)(C)c1cc(S(=O)(=O)[O-])cc(C(C)(C)C)c1O.CCCCCCCCCC[P+](c1ccccc1)(c1ccccc1)c1ccccc1. The number of unbranched alkanes of at least 4 members (excludes halogenated alkanes) is 7. The van der Waals surface area contributed by atoms with Gasteiger partial charge in [0.25, 0.3) is 0 Å². The third kappa shape index (κ3) is 10.8. The number of hydrogen-bond acceptors (Lipinski definition) is 4. The Hall–Kier alpha value is -2.98. The summed E-state index contributed by atoms with van der Waals surface area (Å²) in [6, 6.07) is 36.4. The highest BCUT2D eigenvalue weighted by Gasteiger charge is 2.44. The van der Waals surface area contributed by atoms with Crippen LogP contribution < -0.4 is 15.9 Å². The number of aromatic hydroxyl groups is 1. The van der Waals surface area contributed by atoms with Gasteiger partial charge < -0.3 is 9.66 Å². The van der Waals surface area contributed by atoms with Crippen molar-refractivity contribution >= 4 is 33.3 Å². The molecule has 0 aliphatic heterocycles. The van der Waals surface area contributed by atoms with E-state index in [2.05, 4.69) is 97.9 Å². The highest BCUT2D eigenvalue weighted by atomic mass is 32.2. The van der Waals surface area contributed by atoms with E-state index < -0.39 is 28.2 Å². The van der Waals surface area contributed by atoms with E-state index in [9.17, 15) is 18.1 Å².